The first-order valence-electron chi connectivity index (χ1n) is 9.89. The van der Waals surface area contributed by atoms with Crippen LogP contribution in [0.1, 0.15) is 43.2 Å². The van der Waals surface area contributed by atoms with E-state index in [-0.39, 0.29) is 19.1 Å². The molecular weight excluding hydrogens is 354 g/mol. The predicted molar refractivity (Wildman–Crippen MR) is 106 cm³/mol. The smallest absolute Gasteiger partial charge is 0.409 e. The highest BCUT2D eigenvalue weighted by Gasteiger charge is 2.46. The minimum absolute atomic E-state index is 0.0128. The van der Waals surface area contributed by atoms with Crippen molar-refractivity contribution in [1.29, 1.82) is 0 Å². The van der Waals surface area contributed by atoms with E-state index >= 15 is 0 Å². The normalized spacial score (nSPS) is 20.7. The van der Waals surface area contributed by atoms with Gasteiger partial charge in [0.25, 0.3) is 0 Å². The van der Waals surface area contributed by atoms with Crippen molar-refractivity contribution in [3.63, 3.8) is 0 Å². The Morgan fingerprint density at radius 2 is 1.71 bits per heavy atom. The molecular formula is C23H25NO4. The van der Waals surface area contributed by atoms with Crippen molar-refractivity contribution in [3.05, 3.63) is 59.7 Å². The predicted octanol–water partition coefficient (Wildman–Crippen LogP) is 4.51. The molecule has 0 saturated carbocycles. The first-order valence-corrected chi connectivity index (χ1v) is 9.89. The van der Waals surface area contributed by atoms with Crippen molar-refractivity contribution in [3.8, 4) is 11.1 Å². The van der Waals surface area contributed by atoms with Crippen LogP contribution < -0.4 is 0 Å². The van der Waals surface area contributed by atoms with Crippen LogP contribution in [0.15, 0.2) is 48.5 Å². The van der Waals surface area contributed by atoms with Gasteiger partial charge in [0, 0.05) is 19.0 Å². The molecule has 4 rings (SSSR count). The summed E-state index contributed by atoms with van der Waals surface area (Å²) in [7, 11) is 0. The van der Waals surface area contributed by atoms with Gasteiger partial charge in [-0.15, -0.1) is 0 Å². The van der Waals surface area contributed by atoms with E-state index in [1.165, 1.54) is 22.3 Å². The van der Waals surface area contributed by atoms with Gasteiger partial charge in [-0.1, -0.05) is 61.9 Å². The molecule has 5 nitrogen and oxygen atoms in total. The number of carbonyl (C=O) groups is 2. The largest absolute Gasteiger partial charge is 0.481 e. The minimum atomic E-state index is -0.833. The summed E-state index contributed by atoms with van der Waals surface area (Å²) in [6, 6.07) is 16.4. The molecule has 2 aliphatic rings. The number of carbonyl (C=O) groups excluding carboxylic acids is 1. The second-order valence-corrected chi connectivity index (χ2v) is 7.81. The lowest BCUT2D eigenvalue weighted by atomic mass is 9.83. The molecule has 1 amide bonds. The molecule has 1 aliphatic carbocycles. The van der Waals surface area contributed by atoms with Gasteiger partial charge in [0.05, 0.1) is 5.41 Å². The number of ether oxygens (including phenoxy) is 1. The molecule has 1 N–H and O–H groups in total. The van der Waals surface area contributed by atoms with Crippen molar-refractivity contribution in [2.45, 2.75) is 32.1 Å². The zero-order chi connectivity index (χ0) is 19.7. The van der Waals surface area contributed by atoms with E-state index in [0.717, 1.165) is 6.42 Å². The monoisotopic (exact) mass is 379 g/mol. The van der Waals surface area contributed by atoms with Crippen molar-refractivity contribution >= 4 is 12.1 Å². The maximum atomic E-state index is 12.7. The molecule has 1 unspecified atom stereocenters. The SMILES string of the molecule is CCCC1(C(=O)O)CCN(C(=O)OCC2c3ccccc3-c3ccccc32)C1. The van der Waals surface area contributed by atoms with E-state index in [0.29, 0.717) is 19.4 Å². The molecule has 1 fully saturated rings. The van der Waals surface area contributed by atoms with Crippen LogP contribution in [0.5, 0.6) is 0 Å². The van der Waals surface area contributed by atoms with Crippen LogP contribution in [0, 0.1) is 5.41 Å². The highest BCUT2D eigenvalue weighted by Crippen LogP contribution is 2.44. The molecule has 28 heavy (non-hydrogen) atoms. The van der Waals surface area contributed by atoms with Gasteiger partial charge in [-0.3, -0.25) is 4.79 Å². The van der Waals surface area contributed by atoms with Gasteiger partial charge >= 0.3 is 12.1 Å². The molecule has 0 bridgehead atoms. The van der Waals surface area contributed by atoms with Crippen LogP contribution in [0.2, 0.25) is 0 Å². The number of rotatable bonds is 5. The van der Waals surface area contributed by atoms with Crippen molar-refractivity contribution < 1.29 is 19.4 Å². The fourth-order valence-electron chi connectivity index (χ4n) is 4.68. The summed E-state index contributed by atoms with van der Waals surface area (Å²) in [5, 5.41) is 9.64. The van der Waals surface area contributed by atoms with Gasteiger partial charge in [0.2, 0.25) is 0 Å². The number of hydrogen-bond acceptors (Lipinski definition) is 3. The zero-order valence-corrected chi connectivity index (χ0v) is 16.1. The quantitative estimate of drug-likeness (QED) is 0.830. The number of benzene rings is 2. The molecule has 2 aromatic carbocycles. The Bertz CT molecular complexity index is 863. The molecule has 2 aromatic rings. The van der Waals surface area contributed by atoms with Crippen LogP contribution in [0.4, 0.5) is 4.79 Å². The lowest BCUT2D eigenvalue weighted by molar-refractivity contribution is -0.148. The van der Waals surface area contributed by atoms with Gasteiger partial charge < -0.3 is 14.7 Å². The fraction of sp³-hybridized carbons (Fsp3) is 0.391. The van der Waals surface area contributed by atoms with Crippen molar-refractivity contribution in [2.24, 2.45) is 5.41 Å². The summed E-state index contributed by atoms with van der Waals surface area (Å²) in [4.78, 5) is 25.9. The number of hydrogen-bond donors (Lipinski definition) is 1. The molecule has 0 aromatic heterocycles. The average Bonchev–Trinajstić information content (AvgIpc) is 3.27. The van der Waals surface area contributed by atoms with E-state index in [1.807, 2.05) is 31.2 Å². The average molecular weight is 379 g/mol. The van der Waals surface area contributed by atoms with Crippen molar-refractivity contribution in [1.82, 2.24) is 4.90 Å². The summed E-state index contributed by atoms with van der Waals surface area (Å²) in [5.74, 6) is -0.804. The summed E-state index contributed by atoms with van der Waals surface area (Å²) in [6.45, 7) is 2.90. The van der Waals surface area contributed by atoms with Crippen molar-refractivity contribution in [2.75, 3.05) is 19.7 Å². The van der Waals surface area contributed by atoms with Gasteiger partial charge in [-0.2, -0.15) is 0 Å². The highest BCUT2D eigenvalue weighted by atomic mass is 16.6. The number of aliphatic carboxylic acids is 1. The number of amides is 1. The van der Waals surface area contributed by atoms with E-state index in [1.54, 1.807) is 4.90 Å². The first-order chi connectivity index (χ1) is 13.6. The molecule has 146 valence electrons. The standard InChI is InChI=1S/C23H25NO4/c1-2-11-23(21(25)26)12-13-24(15-23)22(27)28-14-20-18-9-5-3-7-16(18)17-8-4-6-10-19(17)20/h3-10,20H,2,11-15H2,1H3,(H,25,26). The van der Waals surface area contributed by atoms with Crippen LogP contribution >= 0.6 is 0 Å². The summed E-state index contributed by atoms with van der Waals surface area (Å²) >= 11 is 0. The molecule has 1 atom stereocenters. The van der Waals surface area contributed by atoms with Gasteiger partial charge in [-0.25, -0.2) is 4.79 Å². The Kier molecular flexibility index (Phi) is 4.84. The topological polar surface area (TPSA) is 66.8 Å². The molecule has 0 spiro atoms. The summed E-state index contributed by atoms with van der Waals surface area (Å²) in [5.41, 5.74) is 3.88. The van der Waals surface area contributed by atoms with E-state index in [4.69, 9.17) is 4.74 Å². The van der Waals surface area contributed by atoms with Crippen LogP contribution in [-0.4, -0.2) is 41.8 Å². The van der Waals surface area contributed by atoms with Gasteiger partial charge in [0.15, 0.2) is 0 Å². The van der Waals surface area contributed by atoms with Crippen LogP contribution in [-0.2, 0) is 9.53 Å². The van der Waals surface area contributed by atoms with E-state index < -0.39 is 17.5 Å². The zero-order valence-electron chi connectivity index (χ0n) is 16.1. The maximum absolute atomic E-state index is 12.7. The lowest BCUT2D eigenvalue weighted by Crippen LogP contribution is -2.37. The summed E-state index contributed by atoms with van der Waals surface area (Å²) < 4.78 is 5.67. The number of nitrogens with zero attached hydrogens (tertiary/aromatic N) is 1. The first kappa shape index (κ1) is 18.5. The Balaban J connectivity index is 1.47. The van der Waals surface area contributed by atoms with Crippen LogP contribution in [0.25, 0.3) is 11.1 Å². The third kappa shape index (κ3) is 3.05. The highest BCUT2D eigenvalue weighted by molar-refractivity contribution is 5.80. The molecule has 5 heteroatoms. The maximum Gasteiger partial charge on any atom is 0.409 e. The lowest BCUT2D eigenvalue weighted by Gasteiger charge is -2.24. The Hall–Kier alpha value is -2.82. The number of carboxylic acid groups (broad SMARTS) is 1. The van der Waals surface area contributed by atoms with E-state index in [2.05, 4.69) is 24.3 Å². The third-order valence-electron chi connectivity index (χ3n) is 6.13. The number of carboxylic acids is 1. The fourth-order valence-corrected chi connectivity index (χ4v) is 4.68. The third-order valence-corrected chi connectivity index (χ3v) is 6.13. The number of fused-ring (bicyclic) bond motifs is 3. The van der Waals surface area contributed by atoms with Gasteiger partial charge in [0.1, 0.15) is 6.61 Å². The number of likely N-dealkylation sites (tertiary alicyclic amines) is 1. The summed E-state index contributed by atoms with van der Waals surface area (Å²) in [6.07, 6.45) is 1.43. The molecule has 1 aliphatic heterocycles. The molecule has 1 heterocycles. The minimum Gasteiger partial charge on any atom is -0.481 e. The van der Waals surface area contributed by atoms with Crippen LogP contribution in [0.3, 0.4) is 0 Å². The molecule has 0 radical (unpaired) electrons. The Labute approximate surface area is 164 Å². The van der Waals surface area contributed by atoms with Gasteiger partial charge in [-0.05, 0) is 35.1 Å². The Morgan fingerprint density at radius 3 is 2.29 bits per heavy atom. The van der Waals surface area contributed by atoms with E-state index in [9.17, 15) is 14.7 Å². The second-order valence-electron chi connectivity index (χ2n) is 7.81. The Morgan fingerprint density at radius 1 is 1.11 bits per heavy atom. The second kappa shape index (κ2) is 7.30. The molecule has 1 saturated heterocycles.